The van der Waals surface area contributed by atoms with Crippen LogP contribution >= 0.6 is 44.1 Å². The van der Waals surface area contributed by atoms with Crippen LogP contribution in [-0.2, 0) is 0 Å². The van der Waals surface area contributed by atoms with Gasteiger partial charge in [-0.15, -0.1) is 0 Å². The molecular weight excluding hydrogens is 380 g/mol. The van der Waals surface area contributed by atoms with E-state index >= 15 is 0 Å². The van der Waals surface area contributed by atoms with E-state index in [4.69, 9.17) is 17.0 Å². The smallest absolute Gasteiger partial charge is 0.184 e. The van der Waals surface area contributed by atoms with E-state index < -0.39 is 0 Å². The van der Waals surface area contributed by atoms with Crippen LogP contribution in [0.25, 0.3) is 0 Å². The summed E-state index contributed by atoms with van der Waals surface area (Å²) >= 11 is 12.4. The van der Waals surface area contributed by atoms with E-state index in [9.17, 15) is 0 Å². The first kappa shape index (κ1) is 12.7. The predicted octanol–water partition coefficient (Wildman–Crippen LogP) is 3.57. The maximum absolute atomic E-state index is 6.19. The lowest BCUT2D eigenvalue weighted by Crippen LogP contribution is -2.63. The predicted molar refractivity (Wildman–Crippen MR) is 81.7 cm³/mol. The number of hydrogen-bond acceptors (Lipinski definition) is 2. The molecule has 0 aromatic heterocycles. The Bertz CT molecular complexity index is 551. The Kier molecular flexibility index (Phi) is 2.88. The summed E-state index contributed by atoms with van der Waals surface area (Å²) in [4.78, 5) is 1.98. The summed E-state index contributed by atoms with van der Waals surface area (Å²) in [6.45, 7) is 2.07. The lowest BCUT2D eigenvalue weighted by molar-refractivity contribution is -0.0568. The molecule has 0 radical (unpaired) electrons. The molecule has 1 aromatic carbocycles. The van der Waals surface area contributed by atoms with Gasteiger partial charge in [0, 0.05) is 23.5 Å². The number of halogens is 2. The maximum atomic E-state index is 6.19. The zero-order valence-electron chi connectivity index (χ0n) is 9.96. The van der Waals surface area contributed by atoms with Gasteiger partial charge in [0.2, 0.25) is 0 Å². The van der Waals surface area contributed by atoms with Gasteiger partial charge in [-0.1, -0.05) is 15.9 Å². The van der Waals surface area contributed by atoms with Crippen LogP contribution in [-0.4, -0.2) is 22.8 Å². The standard InChI is InChI=1S/C12H12Br2N2OS/c1-12-5-9(15-11(18)16(12)2)7-3-6(13)4-8(14)10(7)17-12/h3-4,9H,5H2,1-2H3,(H,15,18). The molecule has 2 atom stereocenters. The molecule has 1 aromatic rings. The molecule has 6 heteroatoms. The summed E-state index contributed by atoms with van der Waals surface area (Å²) < 4.78 is 8.19. The number of rotatable bonds is 0. The van der Waals surface area contributed by atoms with E-state index in [-0.39, 0.29) is 11.8 Å². The molecule has 0 saturated carbocycles. The Labute approximate surface area is 128 Å². The summed E-state index contributed by atoms with van der Waals surface area (Å²) in [6.07, 6.45) is 0.875. The fourth-order valence-corrected chi connectivity index (χ4v) is 4.17. The third-order valence-electron chi connectivity index (χ3n) is 3.63. The third kappa shape index (κ3) is 1.77. The highest BCUT2D eigenvalue weighted by Gasteiger charge is 2.46. The molecule has 96 valence electrons. The van der Waals surface area contributed by atoms with Gasteiger partial charge in [0.1, 0.15) is 5.75 Å². The zero-order chi connectivity index (χ0) is 13.1. The highest BCUT2D eigenvalue weighted by molar-refractivity contribution is 9.11. The molecular formula is C12H12Br2N2OS. The Balaban J connectivity index is 2.17. The first-order chi connectivity index (χ1) is 8.40. The minimum atomic E-state index is -0.379. The summed E-state index contributed by atoms with van der Waals surface area (Å²) in [5.74, 6) is 0.902. The van der Waals surface area contributed by atoms with Crippen molar-refractivity contribution >= 4 is 49.2 Å². The number of ether oxygens (including phenoxy) is 1. The molecule has 0 amide bonds. The van der Waals surface area contributed by atoms with Crippen LogP contribution in [0, 0.1) is 0 Å². The average Bonchev–Trinajstić information content (AvgIpc) is 2.28. The van der Waals surface area contributed by atoms with Crippen LogP contribution in [0.1, 0.15) is 24.9 Å². The van der Waals surface area contributed by atoms with Crippen LogP contribution in [0.5, 0.6) is 5.75 Å². The van der Waals surface area contributed by atoms with E-state index in [0.29, 0.717) is 0 Å². The van der Waals surface area contributed by atoms with Gasteiger partial charge < -0.3 is 15.0 Å². The molecule has 18 heavy (non-hydrogen) atoms. The lowest BCUT2D eigenvalue weighted by Gasteiger charge is -2.51. The van der Waals surface area contributed by atoms with Crippen molar-refractivity contribution in [2.75, 3.05) is 7.05 Å². The van der Waals surface area contributed by atoms with Crippen LogP contribution in [0.4, 0.5) is 0 Å². The minimum Gasteiger partial charge on any atom is -0.467 e. The molecule has 2 unspecified atom stereocenters. The Morgan fingerprint density at radius 1 is 1.50 bits per heavy atom. The van der Waals surface area contributed by atoms with Crippen molar-refractivity contribution in [3.8, 4) is 5.75 Å². The minimum absolute atomic E-state index is 0.205. The highest BCUT2D eigenvalue weighted by Crippen LogP contribution is 2.47. The van der Waals surface area contributed by atoms with Gasteiger partial charge >= 0.3 is 0 Å². The Hall–Kier alpha value is -0.330. The molecule has 2 bridgehead atoms. The molecule has 3 rings (SSSR count). The van der Waals surface area contributed by atoms with Crippen LogP contribution in [0.3, 0.4) is 0 Å². The second-order valence-electron chi connectivity index (χ2n) is 4.85. The zero-order valence-corrected chi connectivity index (χ0v) is 13.9. The third-order valence-corrected chi connectivity index (χ3v) is 5.07. The number of hydrogen-bond donors (Lipinski definition) is 1. The van der Waals surface area contributed by atoms with Crippen molar-refractivity contribution in [1.29, 1.82) is 0 Å². The first-order valence-electron chi connectivity index (χ1n) is 5.63. The summed E-state index contributed by atoms with van der Waals surface area (Å²) in [5.41, 5.74) is 0.764. The Morgan fingerprint density at radius 2 is 2.22 bits per heavy atom. The van der Waals surface area contributed by atoms with Gasteiger partial charge in [0.05, 0.1) is 10.5 Å². The van der Waals surface area contributed by atoms with Crippen molar-refractivity contribution in [3.05, 3.63) is 26.6 Å². The largest absolute Gasteiger partial charge is 0.467 e. The number of thiocarbonyl (C=S) groups is 1. The van der Waals surface area contributed by atoms with Crippen molar-refractivity contribution in [2.24, 2.45) is 0 Å². The van der Waals surface area contributed by atoms with E-state index in [0.717, 1.165) is 31.8 Å². The maximum Gasteiger partial charge on any atom is 0.184 e. The molecule has 1 saturated heterocycles. The second-order valence-corrected chi connectivity index (χ2v) is 7.00. The van der Waals surface area contributed by atoms with E-state index in [1.165, 1.54) is 0 Å². The number of fused-ring (bicyclic) bond motifs is 4. The molecule has 2 heterocycles. The number of nitrogens with zero attached hydrogens (tertiary/aromatic N) is 1. The molecule has 1 N–H and O–H groups in total. The van der Waals surface area contributed by atoms with Gasteiger partial charge in [0.15, 0.2) is 10.8 Å². The Morgan fingerprint density at radius 3 is 2.94 bits per heavy atom. The molecule has 3 nitrogen and oxygen atoms in total. The van der Waals surface area contributed by atoms with Crippen LogP contribution in [0.15, 0.2) is 21.1 Å². The van der Waals surface area contributed by atoms with E-state index in [1.54, 1.807) is 0 Å². The quantitative estimate of drug-likeness (QED) is 0.683. The van der Waals surface area contributed by atoms with Crippen molar-refractivity contribution < 1.29 is 4.74 Å². The van der Waals surface area contributed by atoms with Gasteiger partial charge in [-0.05, 0) is 47.2 Å². The molecule has 0 spiro atoms. The first-order valence-corrected chi connectivity index (χ1v) is 7.62. The molecule has 0 aliphatic carbocycles. The SMILES string of the molecule is CN1C(=S)NC2CC1(C)Oc1c(Br)cc(Br)cc12. The topological polar surface area (TPSA) is 24.5 Å². The highest BCUT2D eigenvalue weighted by atomic mass is 79.9. The van der Waals surface area contributed by atoms with Crippen LogP contribution in [0.2, 0.25) is 0 Å². The summed E-state index contributed by atoms with van der Waals surface area (Å²) in [6, 6.07) is 4.29. The van der Waals surface area contributed by atoms with Gasteiger partial charge in [0.25, 0.3) is 0 Å². The van der Waals surface area contributed by atoms with E-state index in [1.807, 2.05) is 18.0 Å². The lowest BCUT2D eigenvalue weighted by atomic mass is 9.91. The summed E-state index contributed by atoms with van der Waals surface area (Å²) in [7, 11) is 1.96. The number of nitrogens with one attached hydrogen (secondary N) is 1. The van der Waals surface area contributed by atoms with E-state index in [2.05, 4.69) is 50.2 Å². The summed E-state index contributed by atoms with van der Waals surface area (Å²) in [5, 5.41) is 4.10. The fraction of sp³-hybridized carbons (Fsp3) is 0.417. The van der Waals surface area contributed by atoms with Crippen molar-refractivity contribution in [2.45, 2.75) is 25.1 Å². The molecule has 1 fully saturated rings. The fourth-order valence-electron chi connectivity index (χ4n) is 2.49. The van der Waals surface area contributed by atoms with Gasteiger partial charge in [-0.2, -0.15) is 0 Å². The molecule has 2 aliphatic heterocycles. The second kappa shape index (κ2) is 4.08. The number of benzene rings is 1. The monoisotopic (exact) mass is 390 g/mol. The average molecular weight is 392 g/mol. The molecule has 2 aliphatic rings. The van der Waals surface area contributed by atoms with Crippen molar-refractivity contribution in [1.82, 2.24) is 10.2 Å². The normalized spacial score (nSPS) is 29.4. The van der Waals surface area contributed by atoms with Gasteiger partial charge in [-0.25, -0.2) is 0 Å². The van der Waals surface area contributed by atoms with Crippen molar-refractivity contribution in [3.63, 3.8) is 0 Å². The van der Waals surface area contributed by atoms with Gasteiger partial charge in [-0.3, -0.25) is 0 Å². The van der Waals surface area contributed by atoms with Crippen LogP contribution < -0.4 is 10.1 Å².